The van der Waals surface area contributed by atoms with Crippen LogP contribution >= 0.6 is 15.6 Å². The van der Waals surface area contributed by atoms with Crippen LogP contribution in [-0.2, 0) is 55.8 Å². The normalized spacial score (nSPS) is 14.6. The van der Waals surface area contributed by atoms with Crippen LogP contribution < -0.4 is 0 Å². The highest BCUT2D eigenvalue weighted by atomic mass is 31.2. The van der Waals surface area contributed by atoms with Crippen LogP contribution in [0.2, 0.25) is 0 Å². The molecule has 101 heavy (non-hydrogen) atoms. The summed E-state index contributed by atoms with van der Waals surface area (Å²) < 4.78 is 61.0. The molecule has 582 valence electrons. The van der Waals surface area contributed by atoms with Crippen molar-refractivity contribution in [2.75, 3.05) is 39.6 Å². The highest BCUT2D eigenvalue weighted by Gasteiger charge is 2.29. The number of unbranched alkanes of at least 4 members (excludes halogenated alkanes) is 32. The number of allylic oxidation sites excluding steroid dienone is 20. The van der Waals surface area contributed by atoms with Gasteiger partial charge in [-0.15, -0.1) is 0 Å². The molecule has 0 aliphatic heterocycles. The van der Waals surface area contributed by atoms with Gasteiger partial charge in [-0.05, 0) is 103 Å². The summed E-state index contributed by atoms with van der Waals surface area (Å²) in [7, 11) is -9.79. The summed E-state index contributed by atoms with van der Waals surface area (Å²) in [6.45, 7) is 2.41. The second kappa shape index (κ2) is 75.6. The molecule has 0 saturated carbocycles. The molecule has 0 aromatic carbocycles. The van der Waals surface area contributed by atoms with E-state index in [4.69, 9.17) is 32.3 Å². The van der Waals surface area contributed by atoms with Gasteiger partial charge in [0.25, 0.3) is 0 Å². The van der Waals surface area contributed by atoms with Crippen molar-refractivity contribution in [2.45, 2.75) is 347 Å². The van der Waals surface area contributed by atoms with Crippen molar-refractivity contribution in [1.82, 2.24) is 0 Å². The quantitative estimate of drug-likeness (QED) is 0.0146. The second-order valence-corrected chi connectivity index (χ2v) is 29.4. The van der Waals surface area contributed by atoms with Crippen molar-refractivity contribution < 1.29 is 75.8 Å². The molecular weight excluding hydrogens is 1310 g/mol. The molecule has 0 rings (SSSR count). The zero-order valence-corrected chi connectivity index (χ0v) is 65.3. The van der Waals surface area contributed by atoms with E-state index in [-0.39, 0.29) is 19.3 Å². The van der Waals surface area contributed by atoms with E-state index >= 15 is 0 Å². The maximum atomic E-state index is 12.9. The Hall–Kier alpha value is -4.05. The van der Waals surface area contributed by atoms with Gasteiger partial charge in [-0.3, -0.25) is 32.5 Å². The van der Waals surface area contributed by atoms with Gasteiger partial charge in [-0.25, -0.2) is 9.13 Å². The minimum absolute atomic E-state index is 0.0931. The average molecular weight is 1460 g/mol. The van der Waals surface area contributed by atoms with E-state index in [2.05, 4.69) is 130 Å². The molecular formula is C83H144O16P2. The lowest BCUT2D eigenvalue weighted by Crippen LogP contribution is -2.30. The van der Waals surface area contributed by atoms with Crippen LogP contribution in [0.3, 0.4) is 0 Å². The first-order valence-electron chi connectivity index (χ1n) is 39.8. The molecule has 5 atom stereocenters. The molecule has 0 aromatic heterocycles. The fourth-order valence-corrected chi connectivity index (χ4v) is 12.3. The van der Waals surface area contributed by atoms with Gasteiger partial charge < -0.3 is 34.2 Å². The topological polar surface area (TPSA) is 231 Å². The van der Waals surface area contributed by atoms with E-state index in [1.807, 2.05) is 12.2 Å². The summed E-state index contributed by atoms with van der Waals surface area (Å²) in [6.07, 6.45) is 90.0. The number of aliphatic hydroxyl groups is 2. The fourth-order valence-electron chi connectivity index (χ4n) is 10.7. The van der Waals surface area contributed by atoms with Gasteiger partial charge in [0.05, 0.1) is 26.4 Å². The summed E-state index contributed by atoms with van der Waals surface area (Å²) in [5.41, 5.74) is 0. The molecule has 4 N–H and O–H groups in total. The van der Waals surface area contributed by atoms with Crippen molar-refractivity contribution in [1.29, 1.82) is 0 Å². The van der Waals surface area contributed by atoms with Crippen molar-refractivity contribution in [3.8, 4) is 0 Å². The largest absolute Gasteiger partial charge is 0.472 e. The molecule has 0 fully saturated rings. The van der Waals surface area contributed by atoms with Gasteiger partial charge in [0.2, 0.25) is 0 Å². The fraction of sp³-hybridized carbons (Fsp3) is 0.723. The Labute approximate surface area is 614 Å². The van der Waals surface area contributed by atoms with Crippen molar-refractivity contribution in [2.24, 2.45) is 0 Å². The first-order chi connectivity index (χ1) is 49.2. The summed E-state index contributed by atoms with van der Waals surface area (Å²) >= 11 is 0. The van der Waals surface area contributed by atoms with Crippen LogP contribution in [0.25, 0.3) is 0 Å². The van der Waals surface area contributed by atoms with Gasteiger partial charge in [-0.1, -0.05) is 328 Å². The Balaban J connectivity index is 4.36. The van der Waals surface area contributed by atoms with Gasteiger partial charge >= 0.3 is 33.6 Å². The van der Waals surface area contributed by atoms with Gasteiger partial charge in [-0.2, -0.15) is 0 Å². The molecule has 0 radical (unpaired) electrons. The Bertz CT molecular complexity index is 2320. The van der Waals surface area contributed by atoms with Crippen LogP contribution in [-0.4, -0.2) is 95.9 Å². The molecule has 5 unspecified atom stereocenters. The molecule has 0 amide bonds. The highest BCUT2D eigenvalue weighted by molar-refractivity contribution is 7.47. The van der Waals surface area contributed by atoms with E-state index in [0.29, 0.717) is 25.7 Å². The lowest BCUT2D eigenvalue weighted by molar-refractivity contribution is -0.161. The van der Waals surface area contributed by atoms with E-state index in [0.717, 1.165) is 109 Å². The Morgan fingerprint density at radius 2 is 0.535 bits per heavy atom. The maximum absolute atomic E-state index is 12.9. The zero-order valence-electron chi connectivity index (χ0n) is 63.5. The summed E-state index contributed by atoms with van der Waals surface area (Å²) in [6, 6.07) is 0. The monoisotopic (exact) mass is 1460 g/mol. The number of rotatable bonds is 75. The molecule has 18 heteroatoms. The van der Waals surface area contributed by atoms with E-state index in [1.165, 1.54) is 154 Å². The number of ether oxygens (including phenoxy) is 3. The van der Waals surface area contributed by atoms with Gasteiger partial charge in [0, 0.05) is 19.3 Å². The third-order valence-corrected chi connectivity index (χ3v) is 18.6. The minimum atomic E-state index is -4.94. The number of phosphoric acid groups is 2. The van der Waals surface area contributed by atoms with Gasteiger partial charge in [0.15, 0.2) is 6.10 Å². The van der Waals surface area contributed by atoms with Crippen molar-refractivity contribution in [3.05, 3.63) is 122 Å². The number of esters is 3. The van der Waals surface area contributed by atoms with Crippen LogP contribution in [0.1, 0.15) is 329 Å². The predicted molar refractivity (Wildman–Crippen MR) is 417 cm³/mol. The molecule has 0 heterocycles. The van der Waals surface area contributed by atoms with Crippen molar-refractivity contribution >= 4 is 33.6 Å². The SMILES string of the molecule is CC/C=C\C/C=C\C/C=C\C/C=C\C/C=C\CCCCCCCCCCCCCCCCCCCCCC(=O)OCC(O)COP(=O)(O)OCC(O)COP(=O)(O)OCC(COC(=O)CCC/C=C\C/C=C\C/C=C\C/C=C\C/C=C\CC)OC(=O)CCCCCCCCCCCCCCC. The molecule has 0 aromatic rings. The number of carbonyl (C=O) groups excluding carboxylic acids is 3. The molecule has 0 aliphatic rings. The van der Waals surface area contributed by atoms with E-state index in [9.17, 15) is 43.5 Å². The lowest BCUT2D eigenvalue weighted by atomic mass is 10.0. The zero-order chi connectivity index (χ0) is 73.7. The van der Waals surface area contributed by atoms with Crippen LogP contribution in [0.15, 0.2) is 122 Å². The number of carbonyl (C=O) groups is 3. The Kier molecular flexibility index (Phi) is 72.6. The van der Waals surface area contributed by atoms with Crippen LogP contribution in [0.4, 0.5) is 0 Å². The average Bonchev–Trinajstić information content (AvgIpc) is 0.940. The number of hydrogen-bond donors (Lipinski definition) is 4. The van der Waals surface area contributed by atoms with Crippen LogP contribution in [0, 0.1) is 0 Å². The first kappa shape index (κ1) is 97.0. The Morgan fingerprint density at radius 3 is 0.871 bits per heavy atom. The molecule has 0 aliphatic carbocycles. The smallest absolute Gasteiger partial charge is 0.463 e. The minimum Gasteiger partial charge on any atom is -0.463 e. The molecule has 0 bridgehead atoms. The predicted octanol–water partition coefficient (Wildman–Crippen LogP) is 23.3. The Morgan fingerprint density at radius 1 is 0.287 bits per heavy atom. The van der Waals surface area contributed by atoms with E-state index in [1.54, 1.807) is 0 Å². The molecule has 0 spiro atoms. The summed E-state index contributed by atoms with van der Waals surface area (Å²) in [4.78, 5) is 58.5. The van der Waals surface area contributed by atoms with Gasteiger partial charge in [0.1, 0.15) is 25.4 Å². The number of phosphoric ester groups is 2. The second-order valence-electron chi connectivity index (χ2n) is 26.5. The third kappa shape index (κ3) is 76.9. The first-order valence-corrected chi connectivity index (χ1v) is 42.8. The summed E-state index contributed by atoms with van der Waals surface area (Å²) in [5, 5.41) is 20.6. The lowest BCUT2D eigenvalue weighted by Gasteiger charge is -2.21. The standard InChI is InChI=1S/C83H144O16P2/c1-4-7-10-13-16-19-22-25-27-29-30-31-32-33-34-35-36-37-38-39-40-41-42-43-44-45-46-48-50-52-54-57-60-63-66-69-81(86)93-72-78(84)73-95-100(89,90)96-74-79(85)75-97-101(91,92)98-77-80(99-83(88)71-68-65-62-59-56-51-24-21-18-15-12-9-6-3)76-94-82(87)70-67-64-61-58-55-53-49-47-28-26-23-20-17-14-11-8-5-2/h7-8,10-11,16-17,19-20,25-28,30-31,33-34,49,53,58,61,78-80,84-85H,4-6,9,12-15,18,21-24,29,32,35-48,50-52,54-57,59-60,62-77H2,1-3H3,(H,89,90)(H,91,92)/b10-7-,11-8-,19-16-,20-17-,27-25-,28-26-,31-30-,34-33-,53-49-,61-58-. The molecule has 16 nitrogen and oxygen atoms in total. The van der Waals surface area contributed by atoms with Crippen molar-refractivity contribution in [3.63, 3.8) is 0 Å². The maximum Gasteiger partial charge on any atom is 0.472 e. The number of aliphatic hydroxyl groups excluding tert-OH is 2. The van der Waals surface area contributed by atoms with Crippen LogP contribution in [0.5, 0.6) is 0 Å². The highest BCUT2D eigenvalue weighted by Crippen LogP contribution is 2.45. The van der Waals surface area contributed by atoms with E-state index < -0.39 is 91.5 Å². The summed E-state index contributed by atoms with van der Waals surface area (Å²) in [5.74, 6) is -1.63. The third-order valence-electron chi connectivity index (χ3n) is 16.7. The molecule has 0 saturated heterocycles. The number of hydrogen-bond acceptors (Lipinski definition) is 14.